The molecule has 7 N–H and O–H groups in total. The molecule has 0 bridgehead atoms. The highest BCUT2D eigenvalue weighted by Crippen LogP contribution is 2.05. The molecule has 0 aromatic rings. The van der Waals surface area contributed by atoms with E-state index in [-0.39, 0.29) is 18.7 Å². The molecule has 0 aliphatic rings. The van der Waals surface area contributed by atoms with Crippen LogP contribution in [0.25, 0.3) is 0 Å². The van der Waals surface area contributed by atoms with Gasteiger partial charge in [0.15, 0.2) is 0 Å². The van der Waals surface area contributed by atoms with Crippen molar-refractivity contribution in [1.29, 1.82) is 0 Å². The molecular formula is C13H26N2O7. The summed E-state index contributed by atoms with van der Waals surface area (Å²) < 4.78 is 0. The first-order chi connectivity index (χ1) is 10.2. The van der Waals surface area contributed by atoms with Crippen LogP contribution in [0.2, 0.25) is 0 Å². The van der Waals surface area contributed by atoms with Crippen molar-refractivity contribution >= 4 is 11.7 Å². The molecule has 0 fully saturated rings. The average molecular weight is 322 g/mol. The fourth-order valence-electron chi connectivity index (χ4n) is 1.82. The minimum absolute atomic E-state index is 0.0513. The molecule has 0 radical (unpaired) electrons. The molecule has 130 valence electrons. The molecule has 0 aliphatic carbocycles. The first-order valence-electron chi connectivity index (χ1n) is 7.02. The lowest BCUT2D eigenvalue weighted by Crippen LogP contribution is -2.49. The molecule has 0 saturated heterocycles. The van der Waals surface area contributed by atoms with Crippen LogP contribution in [0.3, 0.4) is 0 Å². The standard InChI is InChI=1S/C13H26N2O7/c1-7(17)8(14-2)3-4-11(20)15-5-9(18)12(21)13(22)10(19)6-16/h8-10,12-14,16,18-19,21-22H,3-6H2,1-2H3,(H,15,20)/t8-,9-,10+,12+,13+/m0/s1. The largest absolute Gasteiger partial charge is 0.394 e. The minimum Gasteiger partial charge on any atom is -0.394 e. The Bertz CT molecular complexity index is 353. The Hall–Kier alpha value is -1.10. The van der Waals surface area contributed by atoms with Crippen LogP contribution in [0.4, 0.5) is 0 Å². The second-order valence-corrected chi connectivity index (χ2v) is 5.09. The number of aliphatic hydroxyl groups excluding tert-OH is 5. The van der Waals surface area contributed by atoms with Crippen LogP contribution in [-0.2, 0) is 9.59 Å². The van der Waals surface area contributed by atoms with Gasteiger partial charge < -0.3 is 36.2 Å². The fourth-order valence-corrected chi connectivity index (χ4v) is 1.82. The van der Waals surface area contributed by atoms with E-state index in [1.54, 1.807) is 7.05 Å². The predicted molar refractivity (Wildman–Crippen MR) is 76.9 cm³/mol. The first kappa shape index (κ1) is 20.9. The number of likely N-dealkylation sites (N-methyl/N-ethyl adjacent to an activating group) is 1. The molecule has 0 spiro atoms. The lowest BCUT2D eigenvalue weighted by atomic mass is 10.0. The van der Waals surface area contributed by atoms with E-state index in [0.717, 1.165) is 0 Å². The summed E-state index contributed by atoms with van der Waals surface area (Å²) in [6, 6.07) is -0.428. The summed E-state index contributed by atoms with van der Waals surface area (Å²) in [7, 11) is 1.61. The molecule has 0 aromatic carbocycles. The average Bonchev–Trinajstić information content (AvgIpc) is 2.50. The Balaban J connectivity index is 4.16. The molecule has 9 heteroatoms. The second-order valence-electron chi connectivity index (χ2n) is 5.09. The van der Waals surface area contributed by atoms with Crippen LogP contribution >= 0.6 is 0 Å². The van der Waals surface area contributed by atoms with Crippen molar-refractivity contribution in [3.63, 3.8) is 0 Å². The third-order valence-electron chi connectivity index (χ3n) is 3.33. The molecule has 9 nitrogen and oxygen atoms in total. The molecule has 0 aliphatic heterocycles. The predicted octanol–water partition coefficient (Wildman–Crippen LogP) is -3.50. The summed E-state index contributed by atoms with van der Waals surface area (Å²) >= 11 is 0. The van der Waals surface area contributed by atoms with E-state index < -0.39 is 43.0 Å². The van der Waals surface area contributed by atoms with Gasteiger partial charge in [0.1, 0.15) is 24.1 Å². The third-order valence-corrected chi connectivity index (χ3v) is 3.33. The van der Waals surface area contributed by atoms with Crippen molar-refractivity contribution in [3.8, 4) is 0 Å². The molecule has 0 saturated carbocycles. The Labute approximate surface area is 129 Å². The number of hydrogen-bond donors (Lipinski definition) is 7. The summed E-state index contributed by atoms with van der Waals surface area (Å²) in [6.07, 6.45) is -6.20. The van der Waals surface area contributed by atoms with Gasteiger partial charge in [0.05, 0.1) is 18.8 Å². The highest BCUT2D eigenvalue weighted by Gasteiger charge is 2.30. The van der Waals surface area contributed by atoms with Crippen LogP contribution in [0.1, 0.15) is 19.8 Å². The fraction of sp³-hybridized carbons (Fsp3) is 0.846. The highest BCUT2D eigenvalue weighted by atomic mass is 16.4. The zero-order valence-corrected chi connectivity index (χ0v) is 12.8. The number of aliphatic hydroxyl groups is 5. The summed E-state index contributed by atoms with van der Waals surface area (Å²) in [4.78, 5) is 22.7. The van der Waals surface area contributed by atoms with Gasteiger partial charge in [-0.05, 0) is 20.4 Å². The van der Waals surface area contributed by atoms with Gasteiger partial charge >= 0.3 is 0 Å². The van der Waals surface area contributed by atoms with Crippen molar-refractivity contribution in [3.05, 3.63) is 0 Å². The number of ketones is 1. The molecular weight excluding hydrogens is 296 g/mol. The van der Waals surface area contributed by atoms with Crippen molar-refractivity contribution < 1.29 is 35.1 Å². The maximum absolute atomic E-state index is 11.6. The summed E-state index contributed by atoms with van der Waals surface area (Å²) in [5, 5.41) is 51.5. The van der Waals surface area contributed by atoms with Gasteiger partial charge in [-0.2, -0.15) is 0 Å². The summed E-state index contributed by atoms with van der Waals surface area (Å²) in [5.41, 5.74) is 0. The lowest BCUT2D eigenvalue weighted by Gasteiger charge is -2.25. The van der Waals surface area contributed by atoms with E-state index in [9.17, 15) is 24.9 Å². The smallest absolute Gasteiger partial charge is 0.220 e. The number of nitrogens with one attached hydrogen (secondary N) is 2. The summed E-state index contributed by atoms with van der Waals surface area (Å²) in [5.74, 6) is -0.517. The van der Waals surface area contributed by atoms with Crippen molar-refractivity contribution in [2.45, 2.75) is 50.2 Å². The van der Waals surface area contributed by atoms with Crippen LogP contribution in [0.5, 0.6) is 0 Å². The SMILES string of the molecule is CN[C@@H](CCC(=O)NC[C@H](O)[C@@H](O)[C@H](O)[C@H](O)CO)C(C)=O. The molecule has 0 rings (SSSR count). The normalized spacial score (nSPS) is 18.1. The Kier molecular flexibility index (Phi) is 10.1. The van der Waals surface area contributed by atoms with Gasteiger partial charge in [-0.25, -0.2) is 0 Å². The number of hydrogen-bond acceptors (Lipinski definition) is 8. The Morgan fingerprint density at radius 2 is 1.59 bits per heavy atom. The number of rotatable bonds is 11. The van der Waals surface area contributed by atoms with Crippen LogP contribution < -0.4 is 10.6 Å². The van der Waals surface area contributed by atoms with Gasteiger partial charge in [-0.1, -0.05) is 0 Å². The monoisotopic (exact) mass is 322 g/mol. The lowest BCUT2D eigenvalue weighted by molar-refractivity contribution is -0.126. The molecule has 22 heavy (non-hydrogen) atoms. The molecule has 0 heterocycles. The quantitative estimate of drug-likeness (QED) is 0.206. The first-order valence-corrected chi connectivity index (χ1v) is 7.02. The van der Waals surface area contributed by atoms with Crippen molar-refractivity contribution in [1.82, 2.24) is 10.6 Å². The molecule has 5 atom stereocenters. The van der Waals surface area contributed by atoms with Gasteiger partial charge in [-0.3, -0.25) is 9.59 Å². The Morgan fingerprint density at radius 3 is 2.05 bits per heavy atom. The van der Waals surface area contributed by atoms with Crippen LogP contribution in [0.15, 0.2) is 0 Å². The minimum atomic E-state index is -1.73. The van der Waals surface area contributed by atoms with Crippen molar-refractivity contribution in [2.24, 2.45) is 0 Å². The Morgan fingerprint density at radius 1 is 1.05 bits per heavy atom. The van der Waals surface area contributed by atoms with Gasteiger partial charge in [-0.15, -0.1) is 0 Å². The zero-order valence-electron chi connectivity index (χ0n) is 12.8. The van der Waals surface area contributed by atoms with E-state index in [1.165, 1.54) is 6.92 Å². The van der Waals surface area contributed by atoms with E-state index in [4.69, 9.17) is 10.2 Å². The van der Waals surface area contributed by atoms with Gasteiger partial charge in [0.2, 0.25) is 5.91 Å². The van der Waals surface area contributed by atoms with E-state index in [1.807, 2.05) is 0 Å². The molecule has 0 aromatic heterocycles. The van der Waals surface area contributed by atoms with E-state index >= 15 is 0 Å². The molecule has 1 amide bonds. The third kappa shape index (κ3) is 7.25. The van der Waals surface area contributed by atoms with Gasteiger partial charge in [0, 0.05) is 13.0 Å². The van der Waals surface area contributed by atoms with Crippen LogP contribution in [-0.4, -0.2) is 87.9 Å². The van der Waals surface area contributed by atoms with Gasteiger partial charge in [0.25, 0.3) is 0 Å². The number of carbonyl (C=O) groups excluding carboxylic acids is 2. The van der Waals surface area contributed by atoms with E-state index in [2.05, 4.69) is 10.6 Å². The maximum Gasteiger partial charge on any atom is 0.220 e. The molecule has 0 unspecified atom stereocenters. The maximum atomic E-state index is 11.6. The second kappa shape index (κ2) is 10.6. The highest BCUT2D eigenvalue weighted by molar-refractivity contribution is 5.82. The number of carbonyl (C=O) groups is 2. The van der Waals surface area contributed by atoms with Crippen LogP contribution in [0, 0.1) is 0 Å². The number of amides is 1. The van der Waals surface area contributed by atoms with Crippen molar-refractivity contribution in [2.75, 3.05) is 20.2 Å². The topological polar surface area (TPSA) is 159 Å². The summed E-state index contributed by atoms with van der Waals surface area (Å²) in [6.45, 7) is 0.306. The number of Topliss-reactive ketones (excluding diaryl/α,β-unsaturated/α-hetero) is 1. The van der Waals surface area contributed by atoms with E-state index in [0.29, 0.717) is 6.42 Å². The zero-order chi connectivity index (χ0) is 17.3.